The van der Waals surface area contributed by atoms with Gasteiger partial charge in [0.15, 0.2) is 5.78 Å². The first-order chi connectivity index (χ1) is 10.2. The Hall–Kier alpha value is -1.36. The molecule has 5 heteroatoms. The Labute approximate surface area is 126 Å². The summed E-state index contributed by atoms with van der Waals surface area (Å²) in [5.41, 5.74) is 2.13. The van der Waals surface area contributed by atoms with Crippen LogP contribution in [0, 0.1) is 0 Å². The topological polar surface area (TPSA) is 55.8 Å². The Balaban J connectivity index is 2.00. The summed E-state index contributed by atoms with van der Waals surface area (Å²) in [7, 11) is 0. The van der Waals surface area contributed by atoms with Crippen molar-refractivity contribution < 1.29 is 19.1 Å². The van der Waals surface area contributed by atoms with Crippen molar-refractivity contribution in [1.82, 2.24) is 4.90 Å². The number of carbonyl (C=O) groups excluding carboxylic acids is 2. The molecule has 0 aromatic heterocycles. The number of ketones is 1. The Morgan fingerprint density at radius 1 is 1.14 bits per heavy atom. The molecule has 0 N–H and O–H groups in total. The van der Waals surface area contributed by atoms with Gasteiger partial charge in [0.2, 0.25) is 0 Å². The number of rotatable bonds is 6. The highest BCUT2D eigenvalue weighted by molar-refractivity contribution is 5.97. The summed E-state index contributed by atoms with van der Waals surface area (Å²) in [6, 6.07) is 0. The van der Waals surface area contributed by atoms with E-state index in [1.165, 1.54) is 5.70 Å². The van der Waals surface area contributed by atoms with E-state index < -0.39 is 0 Å². The number of hydrogen-bond donors (Lipinski definition) is 0. The van der Waals surface area contributed by atoms with Gasteiger partial charge < -0.3 is 14.4 Å². The maximum Gasteiger partial charge on any atom is 0.306 e. The van der Waals surface area contributed by atoms with Gasteiger partial charge in [0, 0.05) is 30.8 Å². The number of carbonyl (C=O) groups is 2. The van der Waals surface area contributed by atoms with E-state index in [1.54, 1.807) is 6.92 Å². The molecule has 0 saturated carbocycles. The lowest BCUT2D eigenvalue weighted by molar-refractivity contribution is -0.144. The molecule has 0 radical (unpaired) electrons. The van der Waals surface area contributed by atoms with Crippen LogP contribution in [0.4, 0.5) is 0 Å². The normalized spacial score (nSPS) is 19.6. The summed E-state index contributed by atoms with van der Waals surface area (Å²) >= 11 is 0. The molecule has 0 amide bonds. The van der Waals surface area contributed by atoms with E-state index in [1.807, 2.05) is 0 Å². The number of allylic oxidation sites excluding steroid dienone is 2. The molecular formula is C16H25NO4. The Bertz CT molecular complexity index is 411. The third-order valence-corrected chi connectivity index (χ3v) is 4.03. The second-order valence-corrected chi connectivity index (χ2v) is 5.46. The van der Waals surface area contributed by atoms with Gasteiger partial charge in [-0.3, -0.25) is 9.59 Å². The third kappa shape index (κ3) is 4.56. The molecule has 1 fully saturated rings. The van der Waals surface area contributed by atoms with Crippen LogP contribution in [0.15, 0.2) is 11.3 Å². The lowest BCUT2D eigenvalue weighted by atomic mass is 9.90. The van der Waals surface area contributed by atoms with Crippen molar-refractivity contribution in [2.75, 3.05) is 32.9 Å². The van der Waals surface area contributed by atoms with Crippen LogP contribution in [-0.4, -0.2) is 49.6 Å². The third-order valence-electron chi connectivity index (χ3n) is 4.03. The maximum atomic E-state index is 12.4. The van der Waals surface area contributed by atoms with Crippen molar-refractivity contribution in [3.8, 4) is 0 Å². The van der Waals surface area contributed by atoms with Crippen LogP contribution in [0.5, 0.6) is 0 Å². The smallest absolute Gasteiger partial charge is 0.306 e. The number of esters is 1. The summed E-state index contributed by atoms with van der Waals surface area (Å²) < 4.78 is 10.3. The summed E-state index contributed by atoms with van der Waals surface area (Å²) in [5.74, 6) is -0.167. The summed E-state index contributed by atoms with van der Waals surface area (Å²) in [4.78, 5) is 26.1. The van der Waals surface area contributed by atoms with Crippen molar-refractivity contribution in [3.63, 3.8) is 0 Å². The van der Waals surface area contributed by atoms with Crippen LogP contribution in [-0.2, 0) is 19.1 Å². The fourth-order valence-electron chi connectivity index (χ4n) is 2.97. The van der Waals surface area contributed by atoms with E-state index in [0.717, 1.165) is 57.6 Å². The number of Topliss-reactive ketones (excluding diaryl/α,β-unsaturated/α-hetero) is 1. The second-order valence-electron chi connectivity index (χ2n) is 5.46. The highest BCUT2D eigenvalue weighted by atomic mass is 16.5. The molecule has 2 aliphatic rings. The molecule has 1 saturated heterocycles. The Morgan fingerprint density at radius 2 is 1.86 bits per heavy atom. The van der Waals surface area contributed by atoms with Gasteiger partial charge in [-0.15, -0.1) is 0 Å². The van der Waals surface area contributed by atoms with Crippen molar-refractivity contribution in [1.29, 1.82) is 0 Å². The Morgan fingerprint density at radius 3 is 2.57 bits per heavy atom. The average molecular weight is 295 g/mol. The van der Waals surface area contributed by atoms with E-state index in [9.17, 15) is 9.59 Å². The minimum atomic E-state index is -0.282. The molecule has 0 atom stereocenters. The molecule has 0 aromatic carbocycles. The summed E-state index contributed by atoms with van der Waals surface area (Å²) in [6.07, 6.45) is 4.47. The van der Waals surface area contributed by atoms with Crippen molar-refractivity contribution in [2.24, 2.45) is 0 Å². The van der Waals surface area contributed by atoms with Gasteiger partial charge in [0.1, 0.15) is 0 Å². The lowest BCUT2D eigenvalue weighted by Crippen LogP contribution is -2.37. The molecule has 0 aromatic rings. The maximum absolute atomic E-state index is 12.4. The first-order valence-electron chi connectivity index (χ1n) is 7.96. The first-order valence-corrected chi connectivity index (χ1v) is 7.96. The largest absolute Gasteiger partial charge is 0.466 e. The highest BCUT2D eigenvalue weighted by Crippen LogP contribution is 2.29. The summed E-state index contributed by atoms with van der Waals surface area (Å²) in [5, 5.41) is 0. The van der Waals surface area contributed by atoms with Gasteiger partial charge in [0.05, 0.1) is 26.2 Å². The van der Waals surface area contributed by atoms with E-state index in [4.69, 9.17) is 9.47 Å². The van der Waals surface area contributed by atoms with Gasteiger partial charge in [-0.25, -0.2) is 0 Å². The predicted molar refractivity (Wildman–Crippen MR) is 78.8 cm³/mol. The molecule has 1 heterocycles. The predicted octanol–water partition coefficient (Wildman–Crippen LogP) is 2.06. The number of nitrogens with zero attached hydrogens (tertiary/aromatic N) is 1. The molecule has 1 aliphatic heterocycles. The molecule has 5 nitrogen and oxygen atoms in total. The first kappa shape index (κ1) is 16.0. The molecule has 2 rings (SSSR count). The molecule has 0 unspecified atom stereocenters. The molecule has 0 spiro atoms. The van der Waals surface area contributed by atoms with E-state index in [2.05, 4.69) is 4.90 Å². The number of ether oxygens (including phenoxy) is 2. The quantitative estimate of drug-likeness (QED) is 0.702. The average Bonchev–Trinajstić information content (AvgIpc) is 2.54. The fourth-order valence-corrected chi connectivity index (χ4v) is 2.97. The van der Waals surface area contributed by atoms with Gasteiger partial charge in [-0.05, 0) is 32.6 Å². The van der Waals surface area contributed by atoms with Crippen LogP contribution in [0.3, 0.4) is 0 Å². The van der Waals surface area contributed by atoms with Crippen molar-refractivity contribution >= 4 is 11.8 Å². The number of morpholine rings is 1. The van der Waals surface area contributed by atoms with Gasteiger partial charge in [0.25, 0.3) is 0 Å². The zero-order valence-corrected chi connectivity index (χ0v) is 12.9. The van der Waals surface area contributed by atoms with Crippen molar-refractivity contribution in [2.45, 2.75) is 45.4 Å². The fraction of sp³-hybridized carbons (Fsp3) is 0.750. The zero-order chi connectivity index (χ0) is 15.1. The lowest BCUT2D eigenvalue weighted by Gasteiger charge is -2.34. The molecule has 0 bridgehead atoms. The highest BCUT2D eigenvalue weighted by Gasteiger charge is 2.24. The minimum Gasteiger partial charge on any atom is -0.466 e. The van der Waals surface area contributed by atoms with Crippen LogP contribution in [0.25, 0.3) is 0 Å². The summed E-state index contributed by atoms with van der Waals surface area (Å²) in [6.45, 7) is 5.34. The molecule has 118 valence electrons. The molecule has 1 aliphatic carbocycles. The van der Waals surface area contributed by atoms with E-state index in [-0.39, 0.29) is 24.6 Å². The molecular weight excluding hydrogens is 270 g/mol. The van der Waals surface area contributed by atoms with Gasteiger partial charge in [-0.1, -0.05) is 0 Å². The van der Waals surface area contributed by atoms with Crippen molar-refractivity contribution in [3.05, 3.63) is 11.3 Å². The monoisotopic (exact) mass is 295 g/mol. The van der Waals surface area contributed by atoms with E-state index in [0.29, 0.717) is 6.61 Å². The van der Waals surface area contributed by atoms with E-state index >= 15 is 0 Å². The standard InChI is InChI=1S/C16H25NO4/c1-2-21-16(19)8-7-15(18)13-5-3-4-6-14(13)17-9-11-20-12-10-17/h2-12H2,1H3. The number of hydrogen-bond acceptors (Lipinski definition) is 5. The Kier molecular flexibility index (Phi) is 6.23. The molecule has 21 heavy (non-hydrogen) atoms. The second kappa shape index (κ2) is 8.17. The van der Waals surface area contributed by atoms with Gasteiger partial charge >= 0.3 is 5.97 Å². The van der Waals surface area contributed by atoms with Crippen LogP contribution < -0.4 is 0 Å². The minimum absolute atomic E-state index is 0.115. The van der Waals surface area contributed by atoms with Crippen LogP contribution >= 0.6 is 0 Å². The zero-order valence-electron chi connectivity index (χ0n) is 12.9. The van der Waals surface area contributed by atoms with Gasteiger partial charge in [-0.2, -0.15) is 0 Å². The van der Waals surface area contributed by atoms with Crippen LogP contribution in [0.2, 0.25) is 0 Å². The SMILES string of the molecule is CCOC(=O)CCC(=O)C1=C(N2CCOCC2)CCCC1. The van der Waals surface area contributed by atoms with Crippen LogP contribution in [0.1, 0.15) is 45.4 Å².